The quantitative estimate of drug-likeness (QED) is 0.778. The smallest absolute Gasteiger partial charge is 0.131 e. The minimum Gasteiger partial charge on any atom is -0.491 e. The van der Waals surface area contributed by atoms with Gasteiger partial charge in [-0.1, -0.05) is 15.9 Å². The van der Waals surface area contributed by atoms with Crippen molar-refractivity contribution >= 4 is 15.9 Å². The zero-order valence-corrected chi connectivity index (χ0v) is 8.34. The van der Waals surface area contributed by atoms with Crippen molar-refractivity contribution in [2.75, 3.05) is 6.61 Å². The Kier molecular flexibility index (Phi) is 3.53. The maximum atomic E-state index is 12.3. The van der Waals surface area contributed by atoms with Crippen LogP contribution in [0.3, 0.4) is 0 Å². The minimum absolute atomic E-state index is 0.113. The first-order valence-corrected chi connectivity index (χ1v) is 4.50. The Labute approximate surface area is 79.7 Å². The lowest BCUT2D eigenvalue weighted by atomic mass is 10.3. The molecule has 1 aromatic carbocycles. The molecule has 0 bridgehead atoms. The third-order valence-electron chi connectivity index (χ3n) is 1.29. The number of ether oxygens (including phenoxy) is 1. The molecule has 0 fully saturated rings. The second-order valence-electron chi connectivity index (χ2n) is 2.55. The summed E-state index contributed by atoms with van der Waals surface area (Å²) in [6.45, 7) is 1.58. The van der Waals surface area contributed by atoms with Gasteiger partial charge in [0.05, 0.1) is 0 Å². The molecule has 0 saturated carbocycles. The molecule has 0 saturated heterocycles. The molecule has 0 heterocycles. The molecule has 12 heavy (non-hydrogen) atoms. The molecular weight excluding hydrogens is 223 g/mol. The van der Waals surface area contributed by atoms with Crippen LogP contribution in [-0.4, -0.2) is 12.8 Å². The highest BCUT2D eigenvalue weighted by molar-refractivity contribution is 9.10. The molecule has 0 amide bonds. The number of benzene rings is 1. The van der Waals surface area contributed by atoms with Crippen molar-refractivity contribution in [1.29, 1.82) is 0 Å². The Morgan fingerprint density at radius 1 is 1.42 bits per heavy atom. The molecule has 0 aliphatic rings. The maximum absolute atomic E-state index is 12.3. The van der Waals surface area contributed by atoms with Crippen LogP contribution < -0.4 is 4.74 Å². The Bertz CT molecular complexity index is 233. The van der Waals surface area contributed by atoms with Crippen molar-refractivity contribution in [2.24, 2.45) is 0 Å². The van der Waals surface area contributed by atoms with Crippen molar-refractivity contribution in [2.45, 2.75) is 13.1 Å². The van der Waals surface area contributed by atoms with Gasteiger partial charge in [-0.2, -0.15) is 0 Å². The second kappa shape index (κ2) is 4.45. The number of rotatable bonds is 3. The summed E-state index contributed by atoms with van der Waals surface area (Å²) in [6.07, 6.45) is -0.923. The van der Waals surface area contributed by atoms with Crippen molar-refractivity contribution in [3.63, 3.8) is 0 Å². The Morgan fingerprint density at radius 2 is 2.00 bits per heavy atom. The predicted octanol–water partition coefficient (Wildman–Crippen LogP) is 3.19. The summed E-state index contributed by atoms with van der Waals surface area (Å²) in [6, 6.07) is 7.31. The number of alkyl halides is 1. The largest absolute Gasteiger partial charge is 0.491 e. The van der Waals surface area contributed by atoms with E-state index in [-0.39, 0.29) is 6.61 Å². The highest BCUT2D eigenvalue weighted by atomic mass is 79.9. The average molecular weight is 233 g/mol. The van der Waals surface area contributed by atoms with E-state index in [2.05, 4.69) is 15.9 Å². The zero-order valence-electron chi connectivity index (χ0n) is 6.76. The van der Waals surface area contributed by atoms with E-state index < -0.39 is 6.17 Å². The maximum Gasteiger partial charge on any atom is 0.131 e. The molecule has 0 aliphatic heterocycles. The molecule has 3 heteroatoms. The fraction of sp³-hybridized carbons (Fsp3) is 0.333. The van der Waals surface area contributed by atoms with Crippen molar-refractivity contribution in [3.8, 4) is 5.75 Å². The number of halogens is 2. The molecule has 0 aliphatic carbocycles. The van der Waals surface area contributed by atoms with E-state index in [1.807, 2.05) is 12.1 Å². The van der Waals surface area contributed by atoms with Crippen LogP contribution in [0.15, 0.2) is 28.7 Å². The minimum atomic E-state index is -0.923. The van der Waals surface area contributed by atoms with Gasteiger partial charge in [-0.15, -0.1) is 0 Å². The van der Waals surface area contributed by atoms with Crippen LogP contribution in [0.4, 0.5) is 4.39 Å². The van der Waals surface area contributed by atoms with Crippen LogP contribution in [0.5, 0.6) is 5.75 Å². The van der Waals surface area contributed by atoms with Crippen molar-refractivity contribution in [3.05, 3.63) is 28.7 Å². The first-order valence-electron chi connectivity index (χ1n) is 3.71. The summed E-state index contributed by atoms with van der Waals surface area (Å²) in [5.41, 5.74) is 0. The first kappa shape index (κ1) is 9.52. The van der Waals surface area contributed by atoms with Gasteiger partial charge in [0, 0.05) is 4.47 Å². The molecule has 0 aromatic heterocycles. The van der Waals surface area contributed by atoms with E-state index in [0.29, 0.717) is 5.75 Å². The van der Waals surface area contributed by atoms with Gasteiger partial charge in [-0.05, 0) is 31.2 Å². The van der Waals surface area contributed by atoms with E-state index >= 15 is 0 Å². The van der Waals surface area contributed by atoms with Gasteiger partial charge in [0.25, 0.3) is 0 Å². The van der Waals surface area contributed by atoms with Gasteiger partial charge in [0.15, 0.2) is 0 Å². The molecule has 66 valence electrons. The van der Waals surface area contributed by atoms with E-state index in [0.717, 1.165) is 4.47 Å². The van der Waals surface area contributed by atoms with Crippen LogP contribution in [0.25, 0.3) is 0 Å². The monoisotopic (exact) mass is 232 g/mol. The molecule has 1 unspecified atom stereocenters. The molecule has 0 spiro atoms. The lowest BCUT2D eigenvalue weighted by Crippen LogP contribution is -2.07. The molecule has 1 aromatic rings. The standard InChI is InChI=1S/C9H10BrFO/c1-7(11)6-12-9-4-2-8(10)3-5-9/h2-5,7H,6H2,1H3. The topological polar surface area (TPSA) is 9.23 Å². The fourth-order valence-corrected chi connectivity index (χ4v) is 1.01. The van der Waals surface area contributed by atoms with Crippen LogP contribution in [-0.2, 0) is 0 Å². The summed E-state index contributed by atoms with van der Waals surface area (Å²) >= 11 is 3.30. The van der Waals surface area contributed by atoms with Crippen molar-refractivity contribution < 1.29 is 9.13 Å². The zero-order chi connectivity index (χ0) is 8.97. The summed E-state index contributed by atoms with van der Waals surface area (Å²) in [5.74, 6) is 0.697. The van der Waals surface area contributed by atoms with Gasteiger partial charge in [0.2, 0.25) is 0 Å². The molecule has 1 rings (SSSR count). The number of hydrogen-bond donors (Lipinski definition) is 0. The molecule has 1 nitrogen and oxygen atoms in total. The third-order valence-corrected chi connectivity index (χ3v) is 1.82. The van der Waals surface area contributed by atoms with E-state index in [1.54, 1.807) is 12.1 Å². The predicted molar refractivity (Wildman–Crippen MR) is 50.2 cm³/mol. The average Bonchev–Trinajstić information content (AvgIpc) is 2.03. The third kappa shape index (κ3) is 3.22. The Morgan fingerprint density at radius 3 is 2.50 bits per heavy atom. The molecule has 0 radical (unpaired) electrons. The van der Waals surface area contributed by atoms with E-state index in [1.165, 1.54) is 6.92 Å². The van der Waals surface area contributed by atoms with Gasteiger partial charge in [-0.25, -0.2) is 4.39 Å². The van der Waals surface area contributed by atoms with Crippen LogP contribution in [0.2, 0.25) is 0 Å². The van der Waals surface area contributed by atoms with Gasteiger partial charge < -0.3 is 4.74 Å². The highest BCUT2D eigenvalue weighted by Crippen LogP contribution is 2.16. The Balaban J connectivity index is 2.48. The molecule has 0 N–H and O–H groups in total. The highest BCUT2D eigenvalue weighted by Gasteiger charge is 1.98. The summed E-state index contributed by atoms with van der Waals surface area (Å²) in [5, 5.41) is 0. The summed E-state index contributed by atoms with van der Waals surface area (Å²) < 4.78 is 18.4. The Hall–Kier alpha value is -0.570. The van der Waals surface area contributed by atoms with Crippen LogP contribution in [0.1, 0.15) is 6.92 Å². The van der Waals surface area contributed by atoms with Crippen molar-refractivity contribution in [1.82, 2.24) is 0 Å². The van der Waals surface area contributed by atoms with Gasteiger partial charge in [-0.3, -0.25) is 0 Å². The van der Waals surface area contributed by atoms with E-state index in [9.17, 15) is 4.39 Å². The normalized spacial score (nSPS) is 12.6. The first-order chi connectivity index (χ1) is 5.68. The molecular formula is C9H10BrFO. The van der Waals surface area contributed by atoms with Gasteiger partial charge >= 0.3 is 0 Å². The number of hydrogen-bond acceptors (Lipinski definition) is 1. The lowest BCUT2D eigenvalue weighted by Gasteiger charge is -2.05. The SMILES string of the molecule is CC(F)COc1ccc(Br)cc1. The van der Waals surface area contributed by atoms with Crippen LogP contribution in [0, 0.1) is 0 Å². The second-order valence-corrected chi connectivity index (χ2v) is 3.46. The summed E-state index contributed by atoms with van der Waals surface area (Å²) in [4.78, 5) is 0. The lowest BCUT2D eigenvalue weighted by molar-refractivity contribution is 0.210. The fourth-order valence-electron chi connectivity index (χ4n) is 0.742. The summed E-state index contributed by atoms with van der Waals surface area (Å²) in [7, 11) is 0. The van der Waals surface area contributed by atoms with E-state index in [4.69, 9.17) is 4.74 Å². The van der Waals surface area contributed by atoms with Crippen LogP contribution >= 0.6 is 15.9 Å². The van der Waals surface area contributed by atoms with Gasteiger partial charge in [0.1, 0.15) is 18.5 Å². The molecule has 1 atom stereocenters.